The van der Waals surface area contributed by atoms with Gasteiger partial charge in [-0.3, -0.25) is 23.8 Å². The van der Waals surface area contributed by atoms with E-state index in [0.29, 0.717) is 4.57 Å². The molecule has 1 fully saturated rings. The van der Waals surface area contributed by atoms with Crippen molar-refractivity contribution >= 4 is 15.6 Å². The van der Waals surface area contributed by atoms with Crippen LogP contribution in [0.25, 0.3) is 0 Å². The maximum absolute atomic E-state index is 14.0. The summed E-state index contributed by atoms with van der Waals surface area (Å²) in [4.78, 5) is 44.3. The van der Waals surface area contributed by atoms with Gasteiger partial charge in [0.2, 0.25) is 5.83 Å². The Hall–Kier alpha value is -1.99. The zero-order valence-corrected chi connectivity index (χ0v) is 19.4. The molecule has 1 aromatic heterocycles. The highest BCUT2D eigenvalue weighted by atomic mass is 31.3. The number of aliphatic hydroxyl groups is 5. The van der Waals surface area contributed by atoms with Crippen molar-refractivity contribution in [3.05, 3.63) is 44.9 Å². The molecule has 0 spiro atoms. The van der Waals surface area contributed by atoms with Crippen molar-refractivity contribution in [1.82, 2.24) is 9.55 Å². The number of hydrogen-bond donors (Lipinski definition) is 8. The number of aliphatic hydroxyl groups excluding tert-OH is 5. The van der Waals surface area contributed by atoms with E-state index in [2.05, 4.69) is 18.1 Å². The van der Waals surface area contributed by atoms with E-state index in [9.17, 15) is 53.3 Å². The summed E-state index contributed by atoms with van der Waals surface area (Å²) in [5.74, 6) is -3.32. The van der Waals surface area contributed by atoms with Gasteiger partial charge in [0.05, 0.1) is 13.2 Å². The van der Waals surface area contributed by atoms with Gasteiger partial charge < -0.3 is 44.4 Å². The number of phosphoric acid groups is 2. The van der Waals surface area contributed by atoms with E-state index < -0.39 is 94.7 Å². The third-order valence-electron chi connectivity index (χ3n) is 4.87. The highest BCUT2D eigenvalue weighted by Crippen LogP contribution is 2.62. The monoisotopic (exact) mass is 566 g/mol. The van der Waals surface area contributed by atoms with Crippen molar-refractivity contribution in [2.24, 2.45) is 0 Å². The van der Waals surface area contributed by atoms with Crippen LogP contribution in [0.5, 0.6) is 0 Å². The Balaban J connectivity index is 1.64. The minimum absolute atomic E-state index is 0.706. The molecule has 0 aromatic carbocycles. The number of halogens is 1. The highest BCUT2D eigenvalue weighted by Gasteiger charge is 2.47. The van der Waals surface area contributed by atoms with Gasteiger partial charge in [-0.15, -0.1) is 0 Å². The molecule has 9 atom stereocenters. The Morgan fingerprint density at radius 2 is 1.72 bits per heavy atom. The van der Waals surface area contributed by atoms with Crippen molar-refractivity contribution in [3.63, 3.8) is 0 Å². The van der Waals surface area contributed by atoms with E-state index >= 15 is 0 Å². The fourth-order valence-electron chi connectivity index (χ4n) is 3.12. The molecule has 8 N–H and O–H groups in total. The number of hydrogen-bond acceptors (Lipinski definition) is 14. The van der Waals surface area contributed by atoms with Crippen molar-refractivity contribution in [2.75, 3.05) is 13.2 Å². The van der Waals surface area contributed by atoms with Crippen LogP contribution >= 0.6 is 15.6 Å². The molecule has 2 aliphatic heterocycles. The molecule has 0 radical (unpaired) electrons. The van der Waals surface area contributed by atoms with Crippen LogP contribution in [0, 0.1) is 0 Å². The second-order valence-electron chi connectivity index (χ2n) is 7.38. The Kier molecular flexibility index (Phi) is 8.56. The second kappa shape index (κ2) is 10.8. The normalized spacial score (nSPS) is 34.1. The van der Waals surface area contributed by atoms with Gasteiger partial charge in [-0.2, -0.15) is 4.31 Å². The van der Waals surface area contributed by atoms with Gasteiger partial charge in [-0.1, -0.05) is 0 Å². The number of aromatic amines is 1. The molecule has 36 heavy (non-hydrogen) atoms. The lowest BCUT2D eigenvalue weighted by molar-refractivity contribution is -0.129. The van der Waals surface area contributed by atoms with Gasteiger partial charge in [0.25, 0.3) is 5.56 Å². The van der Waals surface area contributed by atoms with Crippen LogP contribution in [0.4, 0.5) is 4.39 Å². The summed E-state index contributed by atoms with van der Waals surface area (Å²) in [6.45, 7) is -2.05. The number of ether oxygens (including phenoxy) is 2. The molecule has 1 aromatic rings. The van der Waals surface area contributed by atoms with Crippen LogP contribution in [0.3, 0.4) is 0 Å². The fraction of sp³-hybridized carbons (Fsp3) is 0.600. The highest BCUT2D eigenvalue weighted by molar-refractivity contribution is 7.61. The summed E-state index contributed by atoms with van der Waals surface area (Å²) < 4.78 is 61.3. The van der Waals surface area contributed by atoms with Gasteiger partial charge in [0.1, 0.15) is 30.5 Å². The predicted molar refractivity (Wildman–Crippen MR) is 107 cm³/mol. The van der Waals surface area contributed by atoms with Crippen molar-refractivity contribution in [1.29, 1.82) is 0 Å². The van der Waals surface area contributed by atoms with Crippen molar-refractivity contribution in [2.45, 2.75) is 42.9 Å². The third kappa shape index (κ3) is 6.28. The molecule has 2 unspecified atom stereocenters. The topological polar surface area (TPSA) is 277 Å². The van der Waals surface area contributed by atoms with E-state index in [1.54, 1.807) is 0 Å². The summed E-state index contributed by atoms with van der Waals surface area (Å²) in [5, 5.41) is 48.3. The quantitative estimate of drug-likeness (QED) is 0.136. The lowest BCUT2D eigenvalue weighted by Crippen LogP contribution is -2.45. The minimum Gasteiger partial charge on any atom is -0.455 e. The average molecular weight is 566 g/mol. The first-order chi connectivity index (χ1) is 16.7. The van der Waals surface area contributed by atoms with Crippen molar-refractivity contribution < 1.29 is 71.7 Å². The van der Waals surface area contributed by atoms with Crippen LogP contribution in [0.2, 0.25) is 0 Å². The summed E-state index contributed by atoms with van der Waals surface area (Å²) in [6, 6.07) is 0.916. The first kappa shape index (κ1) is 28.6. The molecule has 2 aliphatic rings. The smallest absolute Gasteiger partial charge is 0.455 e. The van der Waals surface area contributed by atoms with Gasteiger partial charge in [0, 0.05) is 12.3 Å². The molecule has 1 saturated heterocycles. The number of nitrogens with zero attached hydrogens (tertiary/aromatic N) is 1. The summed E-state index contributed by atoms with van der Waals surface area (Å²) in [6.07, 6.45) is -11.8. The molecule has 21 heteroatoms. The van der Waals surface area contributed by atoms with E-state index in [1.165, 1.54) is 0 Å². The molecule has 3 heterocycles. The van der Waals surface area contributed by atoms with Crippen molar-refractivity contribution in [3.8, 4) is 0 Å². The van der Waals surface area contributed by atoms with E-state index in [1.807, 2.05) is 4.98 Å². The maximum atomic E-state index is 14.0. The number of H-pyrrole nitrogens is 1. The second-order valence-corrected chi connectivity index (χ2v) is 10.3. The molecule has 3 rings (SSSR count). The van der Waals surface area contributed by atoms with Crippen LogP contribution in [-0.4, -0.2) is 94.7 Å². The van der Waals surface area contributed by atoms with E-state index in [4.69, 9.17) is 9.84 Å². The lowest BCUT2D eigenvalue weighted by atomic mass is 10.1. The van der Waals surface area contributed by atoms with E-state index in [-0.39, 0.29) is 0 Å². The van der Waals surface area contributed by atoms with Crippen LogP contribution in [0.15, 0.2) is 33.6 Å². The van der Waals surface area contributed by atoms with Gasteiger partial charge in [-0.05, 0) is 0 Å². The van der Waals surface area contributed by atoms with Gasteiger partial charge >= 0.3 is 27.3 Å². The SMILES string of the molecule is O=c1ccn([C@@H]2O[C@H](COP(=O)(O)OP(=O)(O)OC3=C(F)[C@@H](O)[C@H](O)[C@@H](CO)O3)[C@@H](O)[C@H]2O)c(=O)[nH]1. The number of phosphoric ester groups is 2. The van der Waals surface area contributed by atoms with Crippen LogP contribution in [-0.2, 0) is 32.0 Å². The zero-order valence-electron chi connectivity index (χ0n) is 17.6. The molecule has 0 bridgehead atoms. The van der Waals surface area contributed by atoms with Crippen LogP contribution in [0.1, 0.15) is 6.23 Å². The number of nitrogens with one attached hydrogen (secondary N) is 1. The fourth-order valence-corrected chi connectivity index (χ4v) is 5.16. The Labute approximate surface area is 198 Å². The van der Waals surface area contributed by atoms with E-state index in [0.717, 1.165) is 12.3 Å². The van der Waals surface area contributed by atoms with Gasteiger partial charge in [0.15, 0.2) is 12.3 Å². The van der Waals surface area contributed by atoms with Gasteiger partial charge in [-0.25, -0.2) is 18.3 Å². The summed E-state index contributed by atoms with van der Waals surface area (Å²) >= 11 is 0. The molecule has 18 nitrogen and oxygen atoms in total. The maximum Gasteiger partial charge on any atom is 0.538 e. The average Bonchev–Trinajstić information content (AvgIpc) is 3.06. The summed E-state index contributed by atoms with van der Waals surface area (Å²) in [5.41, 5.74) is -1.77. The molecular formula is C15H21FN2O16P2. The number of rotatable bonds is 9. The third-order valence-corrected chi connectivity index (χ3v) is 7.39. The minimum atomic E-state index is -5.73. The number of aromatic nitrogens is 2. The predicted octanol–water partition coefficient (Wildman–Crippen LogP) is -3.34. The first-order valence-electron chi connectivity index (χ1n) is 9.73. The Bertz CT molecular complexity index is 1200. The Morgan fingerprint density at radius 3 is 2.33 bits per heavy atom. The largest absolute Gasteiger partial charge is 0.538 e. The first-order valence-corrected chi connectivity index (χ1v) is 12.7. The molecule has 204 valence electrons. The Morgan fingerprint density at radius 1 is 1.06 bits per heavy atom. The molecule has 0 saturated carbocycles. The summed E-state index contributed by atoms with van der Waals surface area (Å²) in [7, 11) is -11.3. The molecule has 0 amide bonds. The zero-order chi connectivity index (χ0) is 27.0. The molecule has 0 aliphatic carbocycles. The van der Waals surface area contributed by atoms with Crippen LogP contribution < -0.4 is 11.2 Å². The standard InChI is InChI=1S/C15H21FN2O16P2/c16-8-11(23)9(21)5(3-19)32-14(8)33-36(28,29)34-35(26,27)30-4-6-10(22)12(24)13(31-6)18-2-1-7(20)17-15(18)25/h1-2,5-6,9-13,19,21-24H,3-4H2,(H,26,27)(H,28,29)(H,17,20,25)/t5-,6-,9-,10-,11-,12-,13-/m1/s1. The lowest BCUT2D eigenvalue weighted by Gasteiger charge is -2.31. The molecular weight excluding hydrogens is 545 g/mol.